The van der Waals surface area contributed by atoms with Gasteiger partial charge in [-0.25, -0.2) is 18.1 Å². The number of thioether (sulfide) groups is 1. The quantitative estimate of drug-likeness (QED) is 0.756. The fraction of sp³-hybridized carbons (Fsp3) is 0.533. The van der Waals surface area contributed by atoms with E-state index < -0.39 is 10.0 Å². The number of hydrogen-bond acceptors (Lipinski definition) is 5. The van der Waals surface area contributed by atoms with Crippen molar-refractivity contribution in [1.82, 2.24) is 9.71 Å². The van der Waals surface area contributed by atoms with Crippen LogP contribution in [0.4, 0.5) is 0 Å². The second-order valence-corrected chi connectivity index (χ2v) is 9.95. The molecule has 0 spiro atoms. The zero-order chi connectivity index (χ0) is 16.3. The second-order valence-electron chi connectivity index (χ2n) is 5.69. The molecule has 0 amide bonds. The number of rotatable bonds is 7. The van der Waals surface area contributed by atoms with Gasteiger partial charge in [-0.3, -0.25) is 0 Å². The van der Waals surface area contributed by atoms with E-state index in [1.807, 2.05) is 6.92 Å². The molecule has 0 fully saturated rings. The van der Waals surface area contributed by atoms with Gasteiger partial charge in [-0.1, -0.05) is 32.5 Å². The van der Waals surface area contributed by atoms with Crippen molar-refractivity contribution in [1.29, 1.82) is 0 Å². The van der Waals surface area contributed by atoms with E-state index in [0.29, 0.717) is 10.8 Å². The summed E-state index contributed by atoms with van der Waals surface area (Å²) in [6, 6.07) is 5.06. The molecule has 1 heterocycles. The van der Waals surface area contributed by atoms with E-state index >= 15 is 0 Å². The van der Waals surface area contributed by atoms with E-state index in [4.69, 9.17) is 0 Å². The number of hydrogen-bond donors (Lipinski definition) is 1. The third-order valence-electron chi connectivity index (χ3n) is 3.10. The molecule has 0 bridgehead atoms. The van der Waals surface area contributed by atoms with Gasteiger partial charge in [0.2, 0.25) is 10.0 Å². The molecule has 2 rings (SSSR count). The summed E-state index contributed by atoms with van der Waals surface area (Å²) < 4.78 is 29.6. The van der Waals surface area contributed by atoms with Crippen LogP contribution in [0, 0.1) is 5.92 Å². The predicted molar refractivity (Wildman–Crippen MR) is 95.3 cm³/mol. The molecule has 1 unspecified atom stereocenters. The molecule has 0 aliphatic carbocycles. The summed E-state index contributed by atoms with van der Waals surface area (Å²) in [4.78, 5) is 4.80. The van der Waals surface area contributed by atoms with Crippen LogP contribution in [-0.4, -0.2) is 25.2 Å². The van der Waals surface area contributed by atoms with Crippen LogP contribution in [0.3, 0.4) is 0 Å². The van der Waals surface area contributed by atoms with E-state index in [1.165, 1.54) is 0 Å². The Bertz CT molecular complexity index is 738. The summed E-state index contributed by atoms with van der Waals surface area (Å²) in [5.74, 6) is 1.41. The number of benzene rings is 1. The van der Waals surface area contributed by atoms with E-state index in [2.05, 4.69) is 30.5 Å². The average molecular weight is 359 g/mol. The summed E-state index contributed by atoms with van der Waals surface area (Å²) in [6.07, 6.45) is 0.819. The molecule has 4 nitrogen and oxygen atoms in total. The number of sulfonamides is 1. The van der Waals surface area contributed by atoms with Crippen molar-refractivity contribution in [2.45, 2.75) is 49.4 Å². The lowest BCUT2D eigenvalue weighted by Gasteiger charge is -2.16. The molecule has 0 radical (unpaired) electrons. The lowest BCUT2D eigenvalue weighted by molar-refractivity contribution is 0.482. The Morgan fingerprint density at radius 3 is 2.68 bits per heavy atom. The molecule has 7 heteroatoms. The van der Waals surface area contributed by atoms with Crippen molar-refractivity contribution in [3.8, 4) is 0 Å². The maximum atomic E-state index is 12.5. The Kier molecular flexibility index (Phi) is 5.87. The molecule has 1 N–H and O–H groups in total. The molecule has 0 saturated carbocycles. The first-order valence-electron chi connectivity index (χ1n) is 7.37. The lowest BCUT2D eigenvalue weighted by atomic mass is 10.1. The average Bonchev–Trinajstić information content (AvgIpc) is 2.78. The maximum Gasteiger partial charge on any atom is 0.240 e. The minimum atomic E-state index is -3.48. The summed E-state index contributed by atoms with van der Waals surface area (Å²) in [7, 11) is -3.48. The highest BCUT2D eigenvalue weighted by Gasteiger charge is 2.19. The van der Waals surface area contributed by atoms with E-state index in [0.717, 1.165) is 26.7 Å². The first-order chi connectivity index (χ1) is 10.3. The number of nitrogens with one attached hydrogen (secondary N) is 1. The fourth-order valence-corrected chi connectivity index (χ4v) is 5.69. The minimum Gasteiger partial charge on any atom is -0.230 e. The molecule has 0 aliphatic rings. The predicted octanol–water partition coefficient (Wildman–Crippen LogP) is 4.12. The van der Waals surface area contributed by atoms with Gasteiger partial charge in [0.1, 0.15) is 0 Å². The summed E-state index contributed by atoms with van der Waals surface area (Å²) in [6.45, 7) is 8.15. The van der Waals surface area contributed by atoms with Gasteiger partial charge in [-0.15, -0.1) is 11.3 Å². The zero-order valence-corrected chi connectivity index (χ0v) is 15.7. The third-order valence-corrected chi connectivity index (χ3v) is 6.73. The van der Waals surface area contributed by atoms with Gasteiger partial charge >= 0.3 is 0 Å². The van der Waals surface area contributed by atoms with Gasteiger partial charge in [-0.05, 0) is 43.2 Å². The second kappa shape index (κ2) is 7.29. The van der Waals surface area contributed by atoms with Crippen molar-refractivity contribution in [2.75, 3.05) is 5.75 Å². The van der Waals surface area contributed by atoms with Crippen molar-refractivity contribution in [2.24, 2.45) is 5.92 Å². The Morgan fingerprint density at radius 1 is 1.32 bits per heavy atom. The minimum absolute atomic E-state index is 0.0756. The first kappa shape index (κ1) is 17.7. The van der Waals surface area contributed by atoms with Crippen molar-refractivity contribution in [3.63, 3.8) is 0 Å². The third kappa shape index (κ3) is 4.44. The van der Waals surface area contributed by atoms with Crippen LogP contribution in [0.2, 0.25) is 0 Å². The number of thiazole rings is 1. The van der Waals surface area contributed by atoms with Crippen LogP contribution >= 0.6 is 23.1 Å². The highest BCUT2D eigenvalue weighted by atomic mass is 32.2. The molecule has 1 aromatic carbocycles. The van der Waals surface area contributed by atoms with Crippen molar-refractivity contribution in [3.05, 3.63) is 18.2 Å². The number of nitrogens with zero attached hydrogens (tertiary/aromatic N) is 1. The highest BCUT2D eigenvalue weighted by Crippen LogP contribution is 2.30. The fourth-order valence-electron chi connectivity index (χ4n) is 2.32. The van der Waals surface area contributed by atoms with Crippen LogP contribution in [0.25, 0.3) is 10.2 Å². The molecule has 0 saturated heterocycles. The molecule has 122 valence electrons. The van der Waals surface area contributed by atoms with Crippen LogP contribution in [0.5, 0.6) is 0 Å². The topological polar surface area (TPSA) is 59.1 Å². The van der Waals surface area contributed by atoms with Crippen molar-refractivity contribution < 1.29 is 8.42 Å². The molecule has 0 aliphatic heterocycles. The number of fused-ring (bicyclic) bond motifs is 1. The van der Waals surface area contributed by atoms with Crippen molar-refractivity contribution >= 4 is 43.3 Å². The SMILES string of the molecule is CCSc1nc2ccc(S(=O)(=O)NC(C)CC(C)C)cc2s1. The Morgan fingerprint density at radius 2 is 2.05 bits per heavy atom. The van der Waals surface area contributed by atoms with Gasteiger partial charge in [0, 0.05) is 6.04 Å². The van der Waals surface area contributed by atoms with Crippen LogP contribution in [0.1, 0.15) is 34.1 Å². The van der Waals surface area contributed by atoms with E-state index in [9.17, 15) is 8.42 Å². The Hall–Kier alpha value is -0.630. The standard InChI is InChI=1S/C15H22N2O2S3/c1-5-20-15-16-13-7-6-12(9-14(13)21-15)22(18,19)17-11(4)8-10(2)3/h6-7,9-11,17H,5,8H2,1-4H3. The molecule has 1 atom stereocenters. The lowest BCUT2D eigenvalue weighted by Crippen LogP contribution is -2.33. The Balaban J connectivity index is 2.25. The summed E-state index contributed by atoms with van der Waals surface area (Å²) in [5.41, 5.74) is 0.857. The van der Waals surface area contributed by atoms with E-state index in [1.54, 1.807) is 41.3 Å². The summed E-state index contributed by atoms with van der Waals surface area (Å²) in [5, 5.41) is 0. The highest BCUT2D eigenvalue weighted by molar-refractivity contribution is 8.01. The molecular formula is C15H22N2O2S3. The zero-order valence-electron chi connectivity index (χ0n) is 13.3. The van der Waals surface area contributed by atoms with Gasteiger partial charge in [-0.2, -0.15) is 0 Å². The van der Waals surface area contributed by atoms with Crippen LogP contribution in [0.15, 0.2) is 27.4 Å². The normalized spacial score (nSPS) is 13.9. The summed E-state index contributed by atoms with van der Waals surface area (Å²) >= 11 is 3.22. The van der Waals surface area contributed by atoms with Crippen LogP contribution in [-0.2, 0) is 10.0 Å². The van der Waals surface area contributed by atoms with Gasteiger partial charge in [0.15, 0.2) is 4.34 Å². The first-order valence-corrected chi connectivity index (χ1v) is 10.7. The van der Waals surface area contributed by atoms with Crippen LogP contribution < -0.4 is 4.72 Å². The van der Waals surface area contributed by atoms with Gasteiger partial charge < -0.3 is 0 Å². The van der Waals surface area contributed by atoms with Gasteiger partial charge in [0.25, 0.3) is 0 Å². The molecule has 1 aromatic heterocycles. The largest absolute Gasteiger partial charge is 0.240 e. The molecule has 2 aromatic rings. The number of aromatic nitrogens is 1. The smallest absolute Gasteiger partial charge is 0.230 e. The maximum absolute atomic E-state index is 12.5. The Labute approximate surface area is 140 Å². The molecule has 22 heavy (non-hydrogen) atoms. The molecular weight excluding hydrogens is 336 g/mol. The monoisotopic (exact) mass is 358 g/mol. The van der Waals surface area contributed by atoms with Gasteiger partial charge in [0.05, 0.1) is 15.1 Å². The van der Waals surface area contributed by atoms with E-state index in [-0.39, 0.29) is 6.04 Å².